The second kappa shape index (κ2) is 4.23. The third-order valence-electron chi connectivity index (χ3n) is 3.68. The van der Waals surface area contributed by atoms with Crippen LogP contribution in [0.2, 0.25) is 0 Å². The van der Waals surface area contributed by atoms with Gasteiger partial charge in [-0.2, -0.15) is 0 Å². The van der Waals surface area contributed by atoms with Gasteiger partial charge in [-0.1, -0.05) is 18.2 Å². The molecule has 1 aromatic carbocycles. The van der Waals surface area contributed by atoms with Crippen molar-refractivity contribution in [2.24, 2.45) is 0 Å². The zero-order chi connectivity index (χ0) is 12.6. The summed E-state index contributed by atoms with van der Waals surface area (Å²) in [6.07, 6.45) is 2.87. The molecule has 1 atom stereocenters. The lowest BCUT2D eigenvalue weighted by Crippen LogP contribution is -2.58. The highest BCUT2D eigenvalue weighted by atomic mass is 16.1. The lowest BCUT2D eigenvalue weighted by Gasteiger charge is -2.37. The zero-order valence-electron chi connectivity index (χ0n) is 10.4. The molecule has 1 aliphatic rings. The summed E-state index contributed by atoms with van der Waals surface area (Å²) in [5, 5.41) is 7.93. The summed E-state index contributed by atoms with van der Waals surface area (Å²) in [4.78, 5) is 11.2. The van der Waals surface area contributed by atoms with Crippen molar-refractivity contribution in [1.29, 1.82) is 0 Å². The molecule has 0 unspecified atom stereocenters. The van der Waals surface area contributed by atoms with Crippen molar-refractivity contribution in [1.82, 2.24) is 15.2 Å². The number of fused-ring (bicyclic) bond motifs is 1. The summed E-state index contributed by atoms with van der Waals surface area (Å²) in [5.41, 5.74) is 1.66. The molecule has 1 saturated heterocycles. The Morgan fingerprint density at radius 2 is 2.17 bits per heavy atom. The van der Waals surface area contributed by atoms with Crippen molar-refractivity contribution < 1.29 is 4.79 Å². The van der Waals surface area contributed by atoms with Gasteiger partial charge in [-0.25, -0.2) is 0 Å². The van der Waals surface area contributed by atoms with Crippen LogP contribution in [-0.2, 0) is 5.66 Å². The number of para-hydroxylation sites is 1. The molecule has 0 saturated carbocycles. The number of benzene rings is 1. The number of aromatic nitrogens is 1. The minimum absolute atomic E-state index is 0.181. The van der Waals surface area contributed by atoms with Crippen LogP contribution in [0.1, 0.15) is 17.3 Å². The van der Waals surface area contributed by atoms with Crippen molar-refractivity contribution in [2.75, 3.05) is 19.6 Å². The summed E-state index contributed by atoms with van der Waals surface area (Å²) in [6.45, 7) is 4.92. The summed E-state index contributed by atoms with van der Waals surface area (Å²) in [5.74, 6) is 0. The van der Waals surface area contributed by atoms with E-state index in [1.54, 1.807) is 0 Å². The van der Waals surface area contributed by atoms with Crippen LogP contribution >= 0.6 is 0 Å². The molecule has 1 aromatic heterocycles. The van der Waals surface area contributed by atoms with E-state index in [1.165, 1.54) is 0 Å². The van der Waals surface area contributed by atoms with Gasteiger partial charge in [-0.05, 0) is 13.0 Å². The molecule has 94 valence electrons. The van der Waals surface area contributed by atoms with Gasteiger partial charge in [-0.3, -0.25) is 10.1 Å². The fourth-order valence-corrected chi connectivity index (χ4v) is 2.69. The van der Waals surface area contributed by atoms with Gasteiger partial charge in [-0.15, -0.1) is 0 Å². The first-order valence-corrected chi connectivity index (χ1v) is 6.26. The first-order chi connectivity index (χ1) is 8.74. The van der Waals surface area contributed by atoms with Crippen LogP contribution in [0.4, 0.5) is 0 Å². The summed E-state index contributed by atoms with van der Waals surface area (Å²) >= 11 is 0. The number of carbonyl (C=O) groups is 1. The summed E-state index contributed by atoms with van der Waals surface area (Å²) in [6, 6.07) is 8.03. The molecule has 0 bridgehead atoms. The van der Waals surface area contributed by atoms with Gasteiger partial charge in [0, 0.05) is 36.8 Å². The molecule has 1 aliphatic heterocycles. The number of hydrogen-bond acceptors (Lipinski definition) is 3. The van der Waals surface area contributed by atoms with Crippen LogP contribution in [0.15, 0.2) is 30.5 Å². The Balaban J connectivity index is 2.19. The maximum Gasteiger partial charge on any atom is 0.152 e. The van der Waals surface area contributed by atoms with Crippen LogP contribution in [0.5, 0.6) is 0 Å². The molecule has 0 amide bonds. The molecule has 0 spiro atoms. The zero-order valence-corrected chi connectivity index (χ0v) is 10.4. The summed E-state index contributed by atoms with van der Waals surface area (Å²) < 4.78 is 2.16. The molecular formula is C14H17N3O. The number of nitrogens with zero attached hydrogens (tertiary/aromatic N) is 1. The quantitative estimate of drug-likeness (QED) is 0.782. The Bertz CT molecular complexity index is 582. The van der Waals surface area contributed by atoms with Crippen LogP contribution in [-0.4, -0.2) is 30.5 Å². The van der Waals surface area contributed by atoms with Gasteiger partial charge in [0.05, 0.1) is 5.52 Å². The standard InChI is InChI=1S/C14H17N3O/c1-14(10-15-6-7-16-14)17-8-11(9-18)12-4-2-3-5-13(12)17/h2-5,8-9,15-16H,6-7,10H2,1H3/t14-/m0/s1. The fraction of sp³-hybridized carbons (Fsp3) is 0.357. The van der Waals surface area contributed by atoms with E-state index in [9.17, 15) is 4.79 Å². The molecule has 2 aromatic rings. The van der Waals surface area contributed by atoms with Gasteiger partial charge in [0.25, 0.3) is 0 Å². The first kappa shape index (κ1) is 11.4. The average molecular weight is 243 g/mol. The molecule has 0 radical (unpaired) electrons. The van der Waals surface area contributed by atoms with Crippen LogP contribution in [0.25, 0.3) is 10.9 Å². The Morgan fingerprint density at radius 1 is 1.33 bits per heavy atom. The number of nitrogens with one attached hydrogen (secondary N) is 2. The number of rotatable bonds is 2. The number of carbonyl (C=O) groups excluding carboxylic acids is 1. The van der Waals surface area contributed by atoms with Gasteiger partial charge in [0.2, 0.25) is 0 Å². The molecule has 0 aliphatic carbocycles. The maximum absolute atomic E-state index is 11.2. The Morgan fingerprint density at radius 3 is 2.89 bits per heavy atom. The number of piperazine rings is 1. The van der Waals surface area contributed by atoms with E-state index in [2.05, 4.69) is 28.2 Å². The van der Waals surface area contributed by atoms with E-state index in [4.69, 9.17) is 0 Å². The number of aldehydes is 1. The number of hydrogen-bond donors (Lipinski definition) is 2. The molecule has 4 heteroatoms. The van der Waals surface area contributed by atoms with Crippen molar-refractivity contribution in [3.63, 3.8) is 0 Å². The van der Waals surface area contributed by atoms with E-state index >= 15 is 0 Å². The highest BCUT2D eigenvalue weighted by molar-refractivity contribution is 5.97. The van der Waals surface area contributed by atoms with Crippen molar-refractivity contribution in [2.45, 2.75) is 12.6 Å². The Labute approximate surface area is 106 Å². The minimum Gasteiger partial charge on any atom is -0.327 e. The van der Waals surface area contributed by atoms with E-state index in [-0.39, 0.29) is 5.66 Å². The van der Waals surface area contributed by atoms with Crippen LogP contribution in [0.3, 0.4) is 0 Å². The van der Waals surface area contributed by atoms with Gasteiger partial charge in [0.1, 0.15) is 5.66 Å². The molecular weight excluding hydrogens is 226 g/mol. The van der Waals surface area contributed by atoms with Crippen LogP contribution < -0.4 is 10.6 Å². The fourth-order valence-electron chi connectivity index (χ4n) is 2.69. The van der Waals surface area contributed by atoms with Gasteiger partial charge in [0.15, 0.2) is 6.29 Å². The van der Waals surface area contributed by atoms with Crippen molar-refractivity contribution in [3.8, 4) is 0 Å². The van der Waals surface area contributed by atoms with E-state index in [0.29, 0.717) is 0 Å². The van der Waals surface area contributed by atoms with E-state index in [0.717, 1.165) is 42.4 Å². The van der Waals surface area contributed by atoms with Crippen LogP contribution in [0, 0.1) is 0 Å². The lowest BCUT2D eigenvalue weighted by atomic mass is 10.1. The highest BCUT2D eigenvalue weighted by Gasteiger charge is 2.29. The van der Waals surface area contributed by atoms with Crippen molar-refractivity contribution in [3.05, 3.63) is 36.0 Å². The third kappa shape index (κ3) is 1.65. The SMILES string of the molecule is C[C@]1(n2cc(C=O)c3ccccc32)CNCCN1. The second-order valence-electron chi connectivity index (χ2n) is 4.97. The highest BCUT2D eigenvalue weighted by Crippen LogP contribution is 2.26. The molecule has 4 nitrogen and oxygen atoms in total. The lowest BCUT2D eigenvalue weighted by molar-refractivity contribution is 0.112. The summed E-state index contributed by atoms with van der Waals surface area (Å²) in [7, 11) is 0. The Hall–Kier alpha value is -1.65. The second-order valence-corrected chi connectivity index (χ2v) is 4.97. The molecule has 18 heavy (non-hydrogen) atoms. The average Bonchev–Trinajstić information content (AvgIpc) is 2.79. The minimum atomic E-state index is -0.181. The smallest absolute Gasteiger partial charge is 0.152 e. The topological polar surface area (TPSA) is 46.1 Å². The van der Waals surface area contributed by atoms with E-state index < -0.39 is 0 Å². The third-order valence-corrected chi connectivity index (χ3v) is 3.68. The monoisotopic (exact) mass is 243 g/mol. The predicted molar refractivity (Wildman–Crippen MR) is 71.8 cm³/mol. The largest absolute Gasteiger partial charge is 0.327 e. The van der Waals surface area contributed by atoms with E-state index in [1.807, 2.05) is 24.4 Å². The Kier molecular flexibility index (Phi) is 2.69. The predicted octanol–water partition coefficient (Wildman–Crippen LogP) is 1.32. The molecule has 2 heterocycles. The van der Waals surface area contributed by atoms with Gasteiger partial charge >= 0.3 is 0 Å². The maximum atomic E-state index is 11.2. The van der Waals surface area contributed by atoms with Crippen molar-refractivity contribution >= 4 is 17.2 Å². The molecule has 1 fully saturated rings. The molecule has 3 rings (SSSR count). The van der Waals surface area contributed by atoms with Gasteiger partial charge < -0.3 is 9.88 Å². The molecule has 2 N–H and O–H groups in total. The normalized spacial score (nSPS) is 24.3. The first-order valence-electron chi connectivity index (χ1n) is 6.26.